The number of benzene rings is 3. The van der Waals surface area contributed by atoms with Gasteiger partial charge in [-0.15, -0.1) is 0 Å². The minimum Gasteiger partial charge on any atom is -0.438 e. The monoisotopic (exact) mass is 341 g/mol. The van der Waals surface area contributed by atoms with Crippen molar-refractivity contribution in [1.29, 1.82) is 0 Å². The second-order valence-electron chi connectivity index (χ2n) is 6.05. The molecule has 0 atom stereocenters. The van der Waals surface area contributed by atoms with Crippen LogP contribution in [0, 0.1) is 0 Å². The zero-order valence-electron chi connectivity index (χ0n) is 14.5. The van der Waals surface area contributed by atoms with Gasteiger partial charge >= 0.3 is 0 Å². The molecule has 26 heavy (non-hydrogen) atoms. The van der Waals surface area contributed by atoms with E-state index in [1.54, 1.807) is 6.20 Å². The Kier molecular flexibility index (Phi) is 4.15. The minimum absolute atomic E-state index is 0.579. The Balaban J connectivity index is 1.77. The average Bonchev–Trinajstić information content (AvgIpc) is 2.70. The van der Waals surface area contributed by atoms with Crippen molar-refractivity contribution in [1.82, 2.24) is 4.98 Å². The number of ether oxygens (including phenoxy) is 1. The summed E-state index contributed by atoms with van der Waals surface area (Å²) in [6, 6.07) is 25.7. The first-order valence-electron chi connectivity index (χ1n) is 8.42. The third-order valence-electron chi connectivity index (χ3n) is 4.35. The number of nitrogens with two attached hydrogens (primary N) is 1. The van der Waals surface area contributed by atoms with Gasteiger partial charge in [0, 0.05) is 41.1 Å². The molecule has 0 aliphatic rings. The van der Waals surface area contributed by atoms with Gasteiger partial charge in [-0.1, -0.05) is 24.3 Å². The summed E-state index contributed by atoms with van der Waals surface area (Å²) >= 11 is 0. The number of para-hydroxylation sites is 1. The molecule has 0 bridgehead atoms. The van der Waals surface area contributed by atoms with Gasteiger partial charge in [0.15, 0.2) is 0 Å². The number of fused-ring (bicyclic) bond motifs is 1. The van der Waals surface area contributed by atoms with Crippen LogP contribution in [0.25, 0.3) is 10.8 Å². The highest BCUT2D eigenvalue weighted by atomic mass is 16.5. The number of aromatic nitrogens is 1. The molecule has 0 spiro atoms. The van der Waals surface area contributed by atoms with E-state index in [9.17, 15) is 0 Å². The number of nitrogen functional groups attached to an aromatic ring is 1. The summed E-state index contributed by atoms with van der Waals surface area (Å²) in [6.45, 7) is 0. The van der Waals surface area contributed by atoms with Gasteiger partial charge in [-0.2, -0.15) is 0 Å². The predicted octanol–water partition coefficient (Wildman–Crippen LogP) is 5.38. The Morgan fingerprint density at radius 2 is 1.58 bits per heavy atom. The molecule has 0 saturated carbocycles. The number of nitrogens with zero attached hydrogens (tertiary/aromatic N) is 2. The van der Waals surface area contributed by atoms with Crippen molar-refractivity contribution in [3.63, 3.8) is 0 Å². The van der Waals surface area contributed by atoms with E-state index in [0.717, 1.165) is 22.1 Å². The van der Waals surface area contributed by atoms with Crippen LogP contribution in [0.1, 0.15) is 0 Å². The summed E-state index contributed by atoms with van der Waals surface area (Å²) in [4.78, 5) is 6.59. The van der Waals surface area contributed by atoms with Gasteiger partial charge in [0.1, 0.15) is 5.75 Å². The number of hydrogen-bond donors (Lipinski definition) is 1. The Morgan fingerprint density at radius 1 is 0.808 bits per heavy atom. The lowest BCUT2D eigenvalue weighted by atomic mass is 10.1. The summed E-state index contributed by atoms with van der Waals surface area (Å²) < 4.78 is 6.00. The number of hydrogen-bond acceptors (Lipinski definition) is 4. The van der Waals surface area contributed by atoms with E-state index >= 15 is 0 Å². The molecular weight excluding hydrogens is 322 g/mol. The first-order valence-corrected chi connectivity index (χ1v) is 8.42. The van der Waals surface area contributed by atoms with Crippen LogP contribution in [-0.4, -0.2) is 12.0 Å². The van der Waals surface area contributed by atoms with Gasteiger partial charge in [-0.25, -0.2) is 4.98 Å². The molecule has 4 nitrogen and oxygen atoms in total. The van der Waals surface area contributed by atoms with Crippen LogP contribution >= 0.6 is 0 Å². The largest absolute Gasteiger partial charge is 0.438 e. The van der Waals surface area contributed by atoms with E-state index in [0.29, 0.717) is 17.3 Å². The summed E-state index contributed by atoms with van der Waals surface area (Å²) in [5.41, 5.74) is 8.66. The van der Waals surface area contributed by atoms with Crippen LogP contribution in [0.4, 0.5) is 17.1 Å². The van der Waals surface area contributed by atoms with Crippen molar-refractivity contribution >= 4 is 27.8 Å². The van der Waals surface area contributed by atoms with Crippen molar-refractivity contribution in [3.05, 3.63) is 85.1 Å². The molecule has 4 rings (SSSR count). The summed E-state index contributed by atoms with van der Waals surface area (Å²) in [5, 5.41) is 2.05. The van der Waals surface area contributed by atoms with Crippen LogP contribution in [0.2, 0.25) is 0 Å². The van der Waals surface area contributed by atoms with Crippen LogP contribution in [0.3, 0.4) is 0 Å². The standard InChI is InChI=1S/C22H19N3O/c1-25(17-6-3-2-4-7-17)21-9-5-8-20-19(21)14-15-24-22(20)26-18-12-10-16(23)11-13-18/h2-15H,23H2,1H3. The van der Waals surface area contributed by atoms with Crippen LogP contribution in [-0.2, 0) is 0 Å². The van der Waals surface area contributed by atoms with E-state index < -0.39 is 0 Å². The van der Waals surface area contributed by atoms with Crippen LogP contribution < -0.4 is 15.4 Å². The molecule has 2 N–H and O–H groups in total. The fourth-order valence-electron chi connectivity index (χ4n) is 2.98. The van der Waals surface area contributed by atoms with Crippen molar-refractivity contribution < 1.29 is 4.74 Å². The molecule has 0 aliphatic heterocycles. The van der Waals surface area contributed by atoms with Gasteiger partial charge in [0.2, 0.25) is 5.88 Å². The molecule has 3 aromatic carbocycles. The van der Waals surface area contributed by atoms with E-state index in [1.165, 1.54) is 0 Å². The lowest BCUT2D eigenvalue weighted by Gasteiger charge is -2.21. The Labute approximate surface area is 152 Å². The molecular formula is C22H19N3O. The fourth-order valence-corrected chi connectivity index (χ4v) is 2.98. The van der Waals surface area contributed by atoms with Crippen LogP contribution in [0.15, 0.2) is 85.1 Å². The quantitative estimate of drug-likeness (QED) is 0.507. The maximum Gasteiger partial charge on any atom is 0.227 e. The third kappa shape index (κ3) is 3.05. The van der Waals surface area contributed by atoms with E-state index in [-0.39, 0.29) is 0 Å². The molecule has 128 valence electrons. The number of pyridine rings is 1. The topological polar surface area (TPSA) is 51.4 Å². The second kappa shape index (κ2) is 6.76. The minimum atomic E-state index is 0.579. The molecule has 1 aromatic heterocycles. The van der Waals surface area contributed by atoms with Gasteiger partial charge in [0.05, 0.1) is 0 Å². The first-order chi connectivity index (χ1) is 12.7. The smallest absolute Gasteiger partial charge is 0.227 e. The SMILES string of the molecule is CN(c1ccccc1)c1cccc2c(Oc3ccc(N)cc3)nccc12. The Morgan fingerprint density at radius 3 is 2.35 bits per heavy atom. The molecule has 0 radical (unpaired) electrons. The molecule has 4 heteroatoms. The maximum absolute atomic E-state index is 6.00. The van der Waals surface area contributed by atoms with Crippen molar-refractivity contribution in [2.24, 2.45) is 0 Å². The zero-order valence-corrected chi connectivity index (χ0v) is 14.5. The van der Waals surface area contributed by atoms with E-state index in [4.69, 9.17) is 10.5 Å². The molecule has 0 amide bonds. The van der Waals surface area contributed by atoms with Crippen molar-refractivity contribution in [3.8, 4) is 11.6 Å². The Hall–Kier alpha value is -3.53. The number of anilines is 3. The van der Waals surface area contributed by atoms with E-state index in [1.807, 2.05) is 60.7 Å². The third-order valence-corrected chi connectivity index (χ3v) is 4.35. The highest BCUT2D eigenvalue weighted by molar-refractivity contribution is 5.98. The van der Waals surface area contributed by atoms with Gasteiger partial charge < -0.3 is 15.4 Å². The average molecular weight is 341 g/mol. The molecule has 0 fully saturated rings. The van der Waals surface area contributed by atoms with Crippen molar-refractivity contribution in [2.45, 2.75) is 0 Å². The van der Waals surface area contributed by atoms with Crippen molar-refractivity contribution in [2.75, 3.05) is 17.7 Å². The summed E-state index contributed by atoms with van der Waals surface area (Å²) in [7, 11) is 2.06. The first kappa shape index (κ1) is 16.0. The second-order valence-corrected chi connectivity index (χ2v) is 6.05. The summed E-state index contributed by atoms with van der Waals surface area (Å²) in [6.07, 6.45) is 1.78. The van der Waals surface area contributed by atoms with Gasteiger partial charge in [-0.05, 0) is 54.6 Å². The number of rotatable bonds is 4. The molecule has 0 aliphatic carbocycles. The molecule has 1 heterocycles. The maximum atomic E-state index is 6.00. The molecule has 0 unspecified atom stereocenters. The van der Waals surface area contributed by atoms with Crippen LogP contribution in [0.5, 0.6) is 11.6 Å². The highest BCUT2D eigenvalue weighted by Gasteiger charge is 2.12. The molecule has 0 saturated heterocycles. The van der Waals surface area contributed by atoms with Gasteiger partial charge in [-0.3, -0.25) is 0 Å². The van der Waals surface area contributed by atoms with Gasteiger partial charge in [0.25, 0.3) is 0 Å². The fraction of sp³-hybridized carbons (Fsp3) is 0.0455. The lowest BCUT2D eigenvalue weighted by Crippen LogP contribution is -2.09. The Bertz CT molecular complexity index is 1030. The normalized spacial score (nSPS) is 10.7. The van der Waals surface area contributed by atoms with E-state index in [2.05, 4.69) is 35.1 Å². The highest BCUT2D eigenvalue weighted by Crippen LogP contribution is 2.35. The summed E-state index contributed by atoms with van der Waals surface area (Å²) in [5.74, 6) is 1.29. The predicted molar refractivity (Wildman–Crippen MR) is 107 cm³/mol. The zero-order chi connectivity index (χ0) is 17.9. The lowest BCUT2D eigenvalue weighted by molar-refractivity contribution is 0.469. The molecule has 4 aromatic rings.